The minimum atomic E-state index is -0.313. The lowest BCUT2D eigenvalue weighted by atomic mass is 10.4. The highest BCUT2D eigenvalue weighted by Crippen LogP contribution is 2.26. The molecule has 0 aliphatic heterocycles. The third-order valence-electron chi connectivity index (χ3n) is 2.01. The predicted molar refractivity (Wildman–Crippen MR) is 63.0 cm³/mol. The molecule has 1 aliphatic rings. The molecular weight excluding hydrogens is 204 g/mol. The Bertz CT molecular complexity index is 294. The number of carbonyl (C=O) groups is 1. The zero-order chi connectivity index (χ0) is 11.6. The summed E-state index contributed by atoms with van der Waals surface area (Å²) >= 11 is 0. The van der Waals surface area contributed by atoms with Crippen molar-refractivity contribution in [2.45, 2.75) is 19.8 Å². The minimum Gasteiger partial charge on any atom is -0.463 e. The van der Waals surface area contributed by atoms with Crippen LogP contribution in [0.25, 0.3) is 0 Å². The third-order valence-corrected chi connectivity index (χ3v) is 2.01. The molecule has 0 heterocycles. The van der Waals surface area contributed by atoms with Crippen molar-refractivity contribution in [2.75, 3.05) is 19.8 Å². The first-order valence-corrected chi connectivity index (χ1v) is 5.58. The Morgan fingerprint density at radius 1 is 1.31 bits per heavy atom. The molecule has 0 aromatic heterocycles. The third kappa shape index (κ3) is 7.01. The molecule has 1 saturated carbocycles. The molecule has 0 amide bonds. The van der Waals surface area contributed by atoms with E-state index in [2.05, 4.69) is 6.08 Å². The molecule has 0 spiro atoms. The molecule has 0 aromatic carbocycles. The molecule has 1 aliphatic carbocycles. The summed E-state index contributed by atoms with van der Waals surface area (Å²) in [6.07, 6.45) is 11.3. The van der Waals surface area contributed by atoms with Gasteiger partial charge in [0, 0.05) is 6.08 Å². The quantitative estimate of drug-likeness (QED) is 0.218. The van der Waals surface area contributed by atoms with Gasteiger partial charge in [0.25, 0.3) is 0 Å². The Hall–Kier alpha value is -1.35. The minimum absolute atomic E-state index is 0.313. The summed E-state index contributed by atoms with van der Waals surface area (Å²) in [6, 6.07) is 0. The molecule has 0 N–H and O–H groups in total. The second-order valence-electron chi connectivity index (χ2n) is 3.44. The molecular formula is C13H18O3. The van der Waals surface area contributed by atoms with Crippen LogP contribution >= 0.6 is 0 Å². The van der Waals surface area contributed by atoms with Gasteiger partial charge in [0.05, 0.1) is 19.8 Å². The maximum absolute atomic E-state index is 10.9. The van der Waals surface area contributed by atoms with Gasteiger partial charge in [-0.3, -0.25) is 0 Å². The van der Waals surface area contributed by atoms with E-state index < -0.39 is 0 Å². The molecule has 3 nitrogen and oxygen atoms in total. The van der Waals surface area contributed by atoms with Crippen LogP contribution in [0.5, 0.6) is 0 Å². The van der Waals surface area contributed by atoms with Crippen molar-refractivity contribution < 1.29 is 14.3 Å². The van der Waals surface area contributed by atoms with Crippen LogP contribution in [-0.4, -0.2) is 25.8 Å². The smallest absolute Gasteiger partial charge is 0.330 e. The maximum atomic E-state index is 10.9. The van der Waals surface area contributed by atoms with Gasteiger partial charge < -0.3 is 9.47 Å². The van der Waals surface area contributed by atoms with E-state index in [9.17, 15) is 4.79 Å². The topological polar surface area (TPSA) is 35.5 Å². The van der Waals surface area contributed by atoms with Crippen molar-refractivity contribution in [3.8, 4) is 0 Å². The van der Waals surface area contributed by atoms with E-state index in [1.807, 2.05) is 6.08 Å². The number of carbonyl (C=O) groups excluding carboxylic acids is 1. The molecule has 1 fully saturated rings. The highest BCUT2D eigenvalue weighted by atomic mass is 16.5. The number of hydrogen-bond donors (Lipinski definition) is 0. The van der Waals surface area contributed by atoms with Crippen molar-refractivity contribution in [1.82, 2.24) is 0 Å². The highest BCUT2D eigenvalue weighted by molar-refractivity contribution is 5.82. The zero-order valence-corrected chi connectivity index (χ0v) is 9.65. The van der Waals surface area contributed by atoms with Gasteiger partial charge in [-0.1, -0.05) is 29.9 Å². The van der Waals surface area contributed by atoms with Crippen molar-refractivity contribution in [1.29, 1.82) is 0 Å². The van der Waals surface area contributed by atoms with Crippen LogP contribution in [0.3, 0.4) is 0 Å². The van der Waals surface area contributed by atoms with Crippen molar-refractivity contribution in [3.63, 3.8) is 0 Å². The van der Waals surface area contributed by atoms with E-state index in [1.165, 1.54) is 24.5 Å². The van der Waals surface area contributed by atoms with Gasteiger partial charge in [-0.05, 0) is 19.8 Å². The fraction of sp³-hybridized carbons (Fsp3) is 0.462. The molecule has 0 radical (unpaired) electrons. The first kappa shape index (κ1) is 12.7. The summed E-state index contributed by atoms with van der Waals surface area (Å²) in [5.74, 6) is -0.313. The highest BCUT2D eigenvalue weighted by Gasteiger charge is 2.08. The Labute approximate surface area is 96.4 Å². The molecule has 0 saturated heterocycles. The van der Waals surface area contributed by atoms with Crippen LogP contribution in [0, 0.1) is 0 Å². The van der Waals surface area contributed by atoms with Gasteiger partial charge in [-0.25, -0.2) is 4.79 Å². The standard InChI is InChI=1S/C13H18O3/c1-2-16-13(14)6-4-3-5-10-15-11-9-12-7-8-12/h3-6,9H,2,7-8,10-11H2,1H3/b5-3+,6-4+. The SMILES string of the molecule is CCOC(=O)/C=C/C=C/COCC=C1CC1. The molecule has 1 rings (SSSR count). The van der Waals surface area contributed by atoms with Crippen molar-refractivity contribution >= 4 is 5.97 Å². The summed E-state index contributed by atoms with van der Waals surface area (Å²) in [5.41, 5.74) is 1.49. The number of hydrogen-bond acceptors (Lipinski definition) is 3. The lowest BCUT2D eigenvalue weighted by molar-refractivity contribution is -0.137. The van der Waals surface area contributed by atoms with Crippen LogP contribution in [0.1, 0.15) is 19.8 Å². The summed E-state index contributed by atoms with van der Waals surface area (Å²) in [7, 11) is 0. The second kappa shape index (κ2) is 7.88. The summed E-state index contributed by atoms with van der Waals surface area (Å²) in [6.45, 7) is 3.44. The van der Waals surface area contributed by atoms with Crippen molar-refractivity contribution in [3.05, 3.63) is 36.0 Å². The Balaban J connectivity index is 1.98. The predicted octanol–water partition coefficient (Wildman–Crippen LogP) is 2.40. The van der Waals surface area contributed by atoms with Gasteiger partial charge in [0.1, 0.15) is 0 Å². The van der Waals surface area contributed by atoms with Crippen molar-refractivity contribution in [2.24, 2.45) is 0 Å². The molecule has 3 heteroatoms. The lowest BCUT2D eigenvalue weighted by Crippen LogP contribution is -1.98. The van der Waals surface area contributed by atoms with E-state index in [0.29, 0.717) is 19.8 Å². The normalized spacial score (nSPS) is 14.7. The summed E-state index contributed by atoms with van der Waals surface area (Å²) < 4.78 is 10.0. The average molecular weight is 222 g/mol. The molecule has 16 heavy (non-hydrogen) atoms. The Morgan fingerprint density at radius 2 is 2.12 bits per heavy atom. The fourth-order valence-corrected chi connectivity index (χ4v) is 1.05. The first-order valence-electron chi connectivity index (χ1n) is 5.58. The summed E-state index contributed by atoms with van der Waals surface area (Å²) in [4.78, 5) is 10.9. The zero-order valence-electron chi connectivity index (χ0n) is 9.65. The van der Waals surface area contributed by atoms with Gasteiger partial charge in [-0.2, -0.15) is 0 Å². The van der Waals surface area contributed by atoms with Gasteiger partial charge in [0.2, 0.25) is 0 Å². The number of rotatable bonds is 7. The second-order valence-corrected chi connectivity index (χ2v) is 3.44. The molecule has 88 valence electrons. The monoisotopic (exact) mass is 222 g/mol. The lowest BCUT2D eigenvalue weighted by Gasteiger charge is -1.94. The fourth-order valence-electron chi connectivity index (χ4n) is 1.05. The molecule has 0 atom stereocenters. The van der Waals surface area contributed by atoms with E-state index in [4.69, 9.17) is 9.47 Å². The van der Waals surface area contributed by atoms with E-state index in [1.54, 1.807) is 19.1 Å². The molecule has 0 unspecified atom stereocenters. The molecule has 0 bridgehead atoms. The van der Waals surface area contributed by atoms with E-state index in [-0.39, 0.29) is 5.97 Å². The van der Waals surface area contributed by atoms with E-state index in [0.717, 1.165) is 0 Å². The maximum Gasteiger partial charge on any atom is 0.330 e. The van der Waals surface area contributed by atoms with Gasteiger partial charge in [-0.15, -0.1) is 0 Å². The number of allylic oxidation sites excluding steroid dienone is 3. The van der Waals surface area contributed by atoms with Gasteiger partial charge in [0.15, 0.2) is 0 Å². The number of esters is 1. The van der Waals surface area contributed by atoms with Crippen LogP contribution < -0.4 is 0 Å². The first-order chi connectivity index (χ1) is 7.83. The summed E-state index contributed by atoms with van der Waals surface area (Å²) in [5, 5.41) is 0. The van der Waals surface area contributed by atoms with Gasteiger partial charge >= 0.3 is 5.97 Å². The average Bonchev–Trinajstić information content (AvgIpc) is 3.06. The number of ether oxygens (including phenoxy) is 2. The van der Waals surface area contributed by atoms with E-state index >= 15 is 0 Å². The van der Waals surface area contributed by atoms with Crippen LogP contribution in [0.2, 0.25) is 0 Å². The largest absolute Gasteiger partial charge is 0.463 e. The van der Waals surface area contributed by atoms with Crippen LogP contribution in [-0.2, 0) is 14.3 Å². The van der Waals surface area contributed by atoms with Crippen LogP contribution in [0.15, 0.2) is 36.0 Å². The van der Waals surface area contributed by atoms with Crippen LogP contribution in [0.4, 0.5) is 0 Å². The molecule has 0 aromatic rings. The Kier molecular flexibility index (Phi) is 6.26. The Morgan fingerprint density at radius 3 is 2.81 bits per heavy atom.